The lowest BCUT2D eigenvalue weighted by atomic mass is 10.3. The van der Waals surface area contributed by atoms with Crippen LogP contribution >= 0.6 is 15.9 Å². The van der Waals surface area contributed by atoms with Crippen LogP contribution in [0.2, 0.25) is 0 Å². The SMILES string of the molecule is Cn1cc(Br)c2ccc(OCc3ccc(F)cn3)nc21. The molecule has 4 nitrogen and oxygen atoms in total. The highest BCUT2D eigenvalue weighted by Gasteiger charge is 2.07. The van der Waals surface area contributed by atoms with Gasteiger partial charge in [0.25, 0.3) is 0 Å². The number of hydrogen-bond donors (Lipinski definition) is 0. The Morgan fingerprint density at radius 3 is 2.90 bits per heavy atom. The van der Waals surface area contributed by atoms with Crippen molar-refractivity contribution in [3.8, 4) is 5.88 Å². The maximum Gasteiger partial charge on any atom is 0.215 e. The van der Waals surface area contributed by atoms with Crippen molar-refractivity contribution in [2.24, 2.45) is 7.05 Å². The third kappa shape index (κ3) is 2.51. The van der Waals surface area contributed by atoms with Gasteiger partial charge in [-0.1, -0.05) is 0 Å². The van der Waals surface area contributed by atoms with E-state index in [0.29, 0.717) is 11.6 Å². The Kier molecular flexibility index (Phi) is 3.40. The van der Waals surface area contributed by atoms with Crippen LogP contribution in [0.25, 0.3) is 11.0 Å². The molecular weight excluding hydrogens is 325 g/mol. The molecule has 0 atom stereocenters. The fraction of sp³-hybridized carbons (Fsp3) is 0.143. The lowest BCUT2D eigenvalue weighted by Gasteiger charge is -2.05. The van der Waals surface area contributed by atoms with E-state index in [1.54, 1.807) is 12.1 Å². The van der Waals surface area contributed by atoms with E-state index in [2.05, 4.69) is 25.9 Å². The Bertz CT molecular complexity index is 755. The van der Waals surface area contributed by atoms with Crippen LogP contribution in [-0.4, -0.2) is 14.5 Å². The summed E-state index contributed by atoms with van der Waals surface area (Å²) < 4.78 is 21.2. The molecule has 0 fully saturated rings. The topological polar surface area (TPSA) is 39.9 Å². The second kappa shape index (κ2) is 5.20. The summed E-state index contributed by atoms with van der Waals surface area (Å²) in [5.41, 5.74) is 1.49. The summed E-state index contributed by atoms with van der Waals surface area (Å²) in [4.78, 5) is 8.37. The van der Waals surface area contributed by atoms with Gasteiger partial charge in [0.15, 0.2) is 0 Å². The van der Waals surface area contributed by atoms with Gasteiger partial charge in [-0.25, -0.2) is 4.39 Å². The van der Waals surface area contributed by atoms with Crippen molar-refractivity contribution < 1.29 is 9.13 Å². The zero-order valence-electron chi connectivity index (χ0n) is 10.7. The molecule has 0 unspecified atom stereocenters. The van der Waals surface area contributed by atoms with Gasteiger partial charge in [-0.05, 0) is 34.1 Å². The van der Waals surface area contributed by atoms with Crippen LogP contribution in [0, 0.1) is 5.82 Å². The van der Waals surface area contributed by atoms with Gasteiger partial charge < -0.3 is 9.30 Å². The average molecular weight is 336 g/mol. The molecule has 0 aliphatic heterocycles. The van der Waals surface area contributed by atoms with E-state index in [0.717, 1.165) is 15.5 Å². The van der Waals surface area contributed by atoms with E-state index in [-0.39, 0.29) is 12.4 Å². The molecule has 0 amide bonds. The summed E-state index contributed by atoms with van der Waals surface area (Å²) in [5, 5.41) is 1.03. The highest BCUT2D eigenvalue weighted by molar-refractivity contribution is 9.10. The monoisotopic (exact) mass is 335 g/mol. The molecule has 3 rings (SSSR count). The molecule has 0 spiro atoms. The van der Waals surface area contributed by atoms with Crippen LogP contribution in [0.5, 0.6) is 5.88 Å². The third-order valence-electron chi connectivity index (χ3n) is 2.90. The number of ether oxygens (including phenoxy) is 1. The normalized spacial score (nSPS) is 10.9. The number of nitrogens with zero attached hydrogens (tertiary/aromatic N) is 3. The number of rotatable bonds is 3. The largest absolute Gasteiger partial charge is 0.471 e. The number of aryl methyl sites for hydroxylation is 1. The molecule has 3 aromatic rings. The molecule has 6 heteroatoms. The molecule has 0 bridgehead atoms. The van der Waals surface area contributed by atoms with Crippen molar-refractivity contribution in [2.45, 2.75) is 6.61 Å². The van der Waals surface area contributed by atoms with Crippen molar-refractivity contribution >= 4 is 27.0 Å². The highest BCUT2D eigenvalue weighted by Crippen LogP contribution is 2.26. The molecule has 0 saturated carbocycles. The zero-order valence-corrected chi connectivity index (χ0v) is 12.3. The second-order valence-electron chi connectivity index (χ2n) is 4.37. The molecule has 3 heterocycles. The molecule has 0 aliphatic carbocycles. The fourth-order valence-electron chi connectivity index (χ4n) is 1.91. The lowest BCUT2D eigenvalue weighted by Crippen LogP contribution is -2.00. The van der Waals surface area contributed by atoms with Crippen LogP contribution in [0.15, 0.2) is 41.1 Å². The van der Waals surface area contributed by atoms with Crippen LogP contribution in [0.1, 0.15) is 5.69 Å². The Hall–Kier alpha value is -1.95. The van der Waals surface area contributed by atoms with E-state index in [9.17, 15) is 4.39 Å². The first-order valence-corrected chi connectivity index (χ1v) is 6.77. The van der Waals surface area contributed by atoms with Gasteiger partial charge in [0.05, 0.1) is 11.9 Å². The maximum absolute atomic E-state index is 12.7. The summed E-state index contributed by atoms with van der Waals surface area (Å²) in [6, 6.07) is 6.69. The molecule has 3 aromatic heterocycles. The molecule has 0 aromatic carbocycles. The quantitative estimate of drug-likeness (QED) is 0.736. The molecular formula is C14H11BrFN3O. The number of aromatic nitrogens is 3. The van der Waals surface area contributed by atoms with Gasteiger partial charge in [0.2, 0.25) is 5.88 Å². The van der Waals surface area contributed by atoms with Gasteiger partial charge in [0.1, 0.15) is 18.1 Å². The Labute approximate surface area is 123 Å². The minimum Gasteiger partial charge on any atom is -0.471 e. The predicted octanol–water partition coefficient (Wildman–Crippen LogP) is 3.45. The van der Waals surface area contributed by atoms with Crippen molar-refractivity contribution in [1.82, 2.24) is 14.5 Å². The second-order valence-corrected chi connectivity index (χ2v) is 5.22. The standard InChI is InChI=1S/C14H11BrFN3O/c1-19-7-12(15)11-4-5-13(18-14(11)19)20-8-10-3-2-9(16)6-17-10/h2-7H,8H2,1H3. The highest BCUT2D eigenvalue weighted by atomic mass is 79.9. The summed E-state index contributed by atoms with van der Waals surface area (Å²) in [6.45, 7) is 0.254. The van der Waals surface area contributed by atoms with Crippen molar-refractivity contribution in [1.29, 1.82) is 0 Å². The molecule has 0 radical (unpaired) electrons. The first-order valence-electron chi connectivity index (χ1n) is 5.98. The van der Waals surface area contributed by atoms with Crippen LogP contribution in [0.3, 0.4) is 0 Å². The van der Waals surface area contributed by atoms with Gasteiger partial charge in [-0.2, -0.15) is 4.98 Å². The van der Waals surface area contributed by atoms with Crippen molar-refractivity contribution in [3.63, 3.8) is 0 Å². The van der Waals surface area contributed by atoms with Crippen molar-refractivity contribution in [2.75, 3.05) is 0 Å². The fourth-order valence-corrected chi connectivity index (χ4v) is 2.52. The molecule has 0 N–H and O–H groups in total. The Morgan fingerprint density at radius 2 is 2.15 bits per heavy atom. The summed E-state index contributed by atoms with van der Waals surface area (Å²) in [6.07, 6.45) is 3.12. The number of halogens is 2. The third-order valence-corrected chi connectivity index (χ3v) is 3.54. The minimum absolute atomic E-state index is 0.254. The summed E-state index contributed by atoms with van der Waals surface area (Å²) in [5.74, 6) is 0.152. The molecule has 102 valence electrons. The van der Waals surface area contributed by atoms with E-state index in [4.69, 9.17) is 4.74 Å². The summed E-state index contributed by atoms with van der Waals surface area (Å²) >= 11 is 3.48. The molecule has 20 heavy (non-hydrogen) atoms. The first-order chi connectivity index (χ1) is 9.63. The summed E-state index contributed by atoms with van der Waals surface area (Å²) in [7, 11) is 1.92. The first kappa shape index (κ1) is 13.1. The number of hydrogen-bond acceptors (Lipinski definition) is 3. The Balaban J connectivity index is 1.80. The molecule has 0 saturated heterocycles. The minimum atomic E-state index is -0.359. The van der Waals surface area contributed by atoms with Crippen molar-refractivity contribution in [3.05, 3.63) is 52.6 Å². The number of pyridine rings is 2. The zero-order chi connectivity index (χ0) is 14.1. The molecule has 0 aliphatic rings. The van der Waals surface area contributed by atoms with Gasteiger partial charge >= 0.3 is 0 Å². The van der Waals surface area contributed by atoms with Crippen LogP contribution in [-0.2, 0) is 13.7 Å². The number of fused-ring (bicyclic) bond motifs is 1. The smallest absolute Gasteiger partial charge is 0.215 e. The van der Waals surface area contributed by atoms with E-state index < -0.39 is 0 Å². The maximum atomic E-state index is 12.7. The Morgan fingerprint density at radius 1 is 1.30 bits per heavy atom. The van der Waals surface area contributed by atoms with Crippen LogP contribution < -0.4 is 4.74 Å². The van der Waals surface area contributed by atoms with E-state index >= 15 is 0 Å². The van der Waals surface area contributed by atoms with Gasteiger partial charge in [0, 0.05) is 29.2 Å². The van der Waals surface area contributed by atoms with Crippen LogP contribution in [0.4, 0.5) is 4.39 Å². The predicted molar refractivity (Wildman–Crippen MR) is 76.9 cm³/mol. The van der Waals surface area contributed by atoms with E-state index in [1.807, 2.05) is 23.9 Å². The van der Waals surface area contributed by atoms with E-state index in [1.165, 1.54) is 12.3 Å². The average Bonchev–Trinajstić information content (AvgIpc) is 2.73. The van der Waals surface area contributed by atoms with Gasteiger partial charge in [-0.3, -0.25) is 4.98 Å². The lowest BCUT2D eigenvalue weighted by molar-refractivity contribution is 0.290. The van der Waals surface area contributed by atoms with Gasteiger partial charge in [-0.15, -0.1) is 0 Å².